The fraction of sp³-hybridized carbons (Fsp3) is 0.0698. The van der Waals surface area contributed by atoms with Gasteiger partial charge in [-0.25, -0.2) is 0 Å². The van der Waals surface area contributed by atoms with Gasteiger partial charge >= 0.3 is 0 Å². The average Bonchev–Trinajstić information content (AvgIpc) is 3.53. The number of furan rings is 1. The maximum Gasteiger partial charge on any atom is 0.143 e. The van der Waals surface area contributed by atoms with Crippen LogP contribution in [0.1, 0.15) is 35.2 Å². The summed E-state index contributed by atoms with van der Waals surface area (Å²) < 4.78 is 6.70. The molecule has 226 valence electrons. The Kier molecular flexibility index (Phi) is 6.90. The number of hydrogen-bond acceptors (Lipinski definition) is 4. The van der Waals surface area contributed by atoms with Crippen LogP contribution in [0.15, 0.2) is 168 Å². The highest BCUT2D eigenvalue weighted by atomic mass is 16.3. The SMILES string of the molecule is c1ccc(-c2cccc(C3NC(c4ccccc4)NC(c4ccc5c(c4)oc4c6ccccc6c(-c6ccccc6)cc54)N3)c2)cc1. The maximum absolute atomic E-state index is 6.70. The Labute approximate surface area is 273 Å². The van der Waals surface area contributed by atoms with E-state index in [4.69, 9.17) is 4.42 Å². The van der Waals surface area contributed by atoms with Gasteiger partial charge in [-0.1, -0.05) is 146 Å². The van der Waals surface area contributed by atoms with Crippen molar-refractivity contribution in [1.82, 2.24) is 16.0 Å². The van der Waals surface area contributed by atoms with Crippen LogP contribution in [0.3, 0.4) is 0 Å². The normalized spacial score (nSPS) is 18.2. The summed E-state index contributed by atoms with van der Waals surface area (Å²) in [5.41, 5.74) is 10.1. The fourth-order valence-corrected chi connectivity index (χ4v) is 7.05. The Hall–Kier alpha value is -5.52. The molecule has 1 aromatic heterocycles. The highest BCUT2D eigenvalue weighted by molar-refractivity contribution is 6.19. The predicted octanol–water partition coefficient (Wildman–Crippen LogP) is 10.3. The second kappa shape index (κ2) is 11.7. The maximum atomic E-state index is 6.70. The minimum atomic E-state index is -0.124. The molecule has 1 aliphatic rings. The Balaban J connectivity index is 1.13. The van der Waals surface area contributed by atoms with Gasteiger partial charge in [-0.05, 0) is 62.5 Å². The lowest BCUT2D eigenvalue weighted by molar-refractivity contribution is 0.203. The van der Waals surface area contributed by atoms with E-state index in [0.29, 0.717) is 0 Å². The first kappa shape index (κ1) is 27.8. The summed E-state index contributed by atoms with van der Waals surface area (Å²) in [6.45, 7) is 0. The van der Waals surface area contributed by atoms with Gasteiger partial charge in [0.05, 0.1) is 18.5 Å². The molecular formula is C43H33N3O. The lowest BCUT2D eigenvalue weighted by atomic mass is 9.95. The van der Waals surface area contributed by atoms with Crippen molar-refractivity contribution in [3.05, 3.63) is 180 Å². The molecule has 9 rings (SSSR count). The van der Waals surface area contributed by atoms with Gasteiger partial charge in [0.1, 0.15) is 11.2 Å². The Morgan fingerprint density at radius 1 is 0.362 bits per heavy atom. The first-order valence-corrected chi connectivity index (χ1v) is 16.2. The number of hydrogen-bond donors (Lipinski definition) is 3. The van der Waals surface area contributed by atoms with Crippen LogP contribution >= 0.6 is 0 Å². The van der Waals surface area contributed by atoms with Crippen LogP contribution in [-0.4, -0.2) is 0 Å². The van der Waals surface area contributed by atoms with E-state index in [1.807, 2.05) is 0 Å². The molecule has 1 fully saturated rings. The van der Waals surface area contributed by atoms with Crippen molar-refractivity contribution < 1.29 is 4.42 Å². The lowest BCUT2D eigenvalue weighted by Crippen LogP contribution is -2.54. The van der Waals surface area contributed by atoms with Crippen LogP contribution in [-0.2, 0) is 0 Å². The predicted molar refractivity (Wildman–Crippen MR) is 193 cm³/mol. The minimum absolute atomic E-state index is 0.0587. The van der Waals surface area contributed by atoms with Crippen LogP contribution < -0.4 is 16.0 Å². The summed E-state index contributed by atoms with van der Waals surface area (Å²) in [6, 6.07) is 58.0. The highest BCUT2D eigenvalue weighted by Gasteiger charge is 2.30. The van der Waals surface area contributed by atoms with E-state index in [9.17, 15) is 0 Å². The lowest BCUT2D eigenvalue weighted by Gasteiger charge is -2.39. The Bertz CT molecular complexity index is 2350. The van der Waals surface area contributed by atoms with Gasteiger partial charge in [-0.2, -0.15) is 0 Å². The van der Waals surface area contributed by atoms with Crippen LogP contribution in [0, 0.1) is 0 Å². The van der Waals surface area contributed by atoms with Gasteiger partial charge in [0.25, 0.3) is 0 Å². The fourth-order valence-electron chi connectivity index (χ4n) is 7.05. The largest absolute Gasteiger partial charge is 0.455 e. The third-order valence-corrected chi connectivity index (χ3v) is 9.38. The quantitative estimate of drug-likeness (QED) is 0.182. The van der Waals surface area contributed by atoms with E-state index in [-0.39, 0.29) is 18.5 Å². The average molecular weight is 608 g/mol. The Morgan fingerprint density at radius 3 is 1.64 bits per heavy atom. The van der Waals surface area contributed by atoms with E-state index >= 15 is 0 Å². The molecule has 4 heteroatoms. The van der Waals surface area contributed by atoms with Crippen molar-refractivity contribution in [3.8, 4) is 22.3 Å². The van der Waals surface area contributed by atoms with Crippen molar-refractivity contribution in [1.29, 1.82) is 0 Å². The van der Waals surface area contributed by atoms with Crippen LogP contribution in [0.5, 0.6) is 0 Å². The standard InChI is InChI=1S/C43H33N3O/c1-4-13-28(14-5-1)31-19-12-20-32(25-31)42-44-41(30-17-8-3-9-18-30)45-43(46-42)33-23-24-35-38-27-37(29-15-6-2-7-16-29)34-21-10-11-22-36(34)40(38)47-39(35)26-33/h1-27,41-46H. The molecule has 0 bridgehead atoms. The molecule has 2 heterocycles. The number of fused-ring (bicyclic) bond motifs is 5. The van der Waals surface area contributed by atoms with Gasteiger partial charge in [0.2, 0.25) is 0 Å². The van der Waals surface area contributed by atoms with Crippen molar-refractivity contribution in [2.45, 2.75) is 18.5 Å². The van der Waals surface area contributed by atoms with Gasteiger partial charge in [0.15, 0.2) is 0 Å². The third kappa shape index (κ3) is 5.09. The van der Waals surface area contributed by atoms with E-state index in [1.54, 1.807) is 0 Å². The smallest absolute Gasteiger partial charge is 0.143 e. The number of nitrogens with one attached hydrogen (secondary N) is 3. The molecular weight excluding hydrogens is 574 g/mol. The molecule has 7 aromatic carbocycles. The molecule has 0 saturated carbocycles. The van der Waals surface area contributed by atoms with Gasteiger partial charge in [0, 0.05) is 16.2 Å². The number of benzene rings is 7. The molecule has 3 unspecified atom stereocenters. The molecule has 0 amide bonds. The van der Waals surface area contributed by atoms with Crippen molar-refractivity contribution in [3.63, 3.8) is 0 Å². The van der Waals surface area contributed by atoms with Crippen molar-refractivity contribution in [2.75, 3.05) is 0 Å². The van der Waals surface area contributed by atoms with E-state index < -0.39 is 0 Å². The van der Waals surface area contributed by atoms with Crippen LogP contribution in [0.2, 0.25) is 0 Å². The zero-order valence-electron chi connectivity index (χ0n) is 25.7. The zero-order chi connectivity index (χ0) is 31.2. The topological polar surface area (TPSA) is 49.2 Å². The third-order valence-electron chi connectivity index (χ3n) is 9.38. The summed E-state index contributed by atoms with van der Waals surface area (Å²) >= 11 is 0. The monoisotopic (exact) mass is 607 g/mol. The molecule has 4 nitrogen and oxygen atoms in total. The highest BCUT2D eigenvalue weighted by Crippen LogP contribution is 2.40. The van der Waals surface area contributed by atoms with Crippen LogP contribution in [0.25, 0.3) is 55.0 Å². The van der Waals surface area contributed by atoms with Gasteiger partial charge < -0.3 is 4.42 Å². The molecule has 0 radical (unpaired) electrons. The van der Waals surface area contributed by atoms with Gasteiger partial charge in [-0.3, -0.25) is 16.0 Å². The summed E-state index contributed by atoms with van der Waals surface area (Å²) in [5, 5.41) is 16.1. The molecule has 1 saturated heterocycles. The second-order valence-corrected chi connectivity index (χ2v) is 12.3. The molecule has 47 heavy (non-hydrogen) atoms. The van der Waals surface area contributed by atoms with E-state index in [2.05, 4.69) is 180 Å². The van der Waals surface area contributed by atoms with Gasteiger partial charge in [-0.15, -0.1) is 0 Å². The molecule has 8 aromatic rings. The molecule has 3 N–H and O–H groups in total. The summed E-state index contributed by atoms with van der Waals surface area (Å²) in [6.07, 6.45) is -0.267. The molecule has 0 spiro atoms. The zero-order valence-corrected chi connectivity index (χ0v) is 25.7. The molecule has 1 aliphatic heterocycles. The van der Waals surface area contributed by atoms with Crippen LogP contribution in [0.4, 0.5) is 0 Å². The van der Waals surface area contributed by atoms with E-state index in [0.717, 1.165) is 32.9 Å². The molecule has 3 atom stereocenters. The summed E-state index contributed by atoms with van der Waals surface area (Å²) in [4.78, 5) is 0. The summed E-state index contributed by atoms with van der Waals surface area (Å²) in [7, 11) is 0. The van der Waals surface area contributed by atoms with Crippen molar-refractivity contribution >= 4 is 32.7 Å². The van der Waals surface area contributed by atoms with E-state index in [1.165, 1.54) is 38.8 Å². The Morgan fingerprint density at radius 2 is 0.915 bits per heavy atom. The second-order valence-electron chi connectivity index (χ2n) is 12.3. The minimum Gasteiger partial charge on any atom is -0.455 e. The first-order valence-electron chi connectivity index (χ1n) is 16.2. The summed E-state index contributed by atoms with van der Waals surface area (Å²) in [5.74, 6) is 0. The number of rotatable bonds is 5. The van der Waals surface area contributed by atoms with Crippen molar-refractivity contribution in [2.24, 2.45) is 0 Å². The first-order chi connectivity index (χ1) is 23.3. The molecule has 0 aliphatic carbocycles.